The average molecular weight is 532 g/mol. The summed E-state index contributed by atoms with van der Waals surface area (Å²) in [4.78, 5) is 24.3. The topological polar surface area (TPSA) is 130 Å². The minimum absolute atomic E-state index is 0.116. The zero-order valence-electron chi connectivity index (χ0n) is 20.8. The van der Waals surface area contributed by atoms with Crippen molar-refractivity contribution in [3.63, 3.8) is 0 Å². The average Bonchev–Trinajstić information content (AvgIpc) is 3.29. The second kappa shape index (κ2) is 11.1. The number of carbonyl (C=O) groups excluding carboxylic acids is 1. The summed E-state index contributed by atoms with van der Waals surface area (Å²) in [6, 6.07) is 13.0. The maximum atomic E-state index is 14.8. The quantitative estimate of drug-likeness (QED) is 0.273. The number of aromatic nitrogens is 5. The molecule has 1 amide bonds. The third kappa shape index (κ3) is 5.59. The van der Waals surface area contributed by atoms with E-state index in [4.69, 9.17) is 15.2 Å². The zero-order valence-corrected chi connectivity index (χ0v) is 20.8. The van der Waals surface area contributed by atoms with Crippen molar-refractivity contribution in [2.24, 2.45) is 5.73 Å². The Labute approximate surface area is 221 Å². The molecular formula is C27H23F2N7O3. The number of para-hydroxylation sites is 1. The number of pyridine rings is 1. The number of nitrogens with two attached hydrogens (primary N) is 1. The van der Waals surface area contributed by atoms with Crippen molar-refractivity contribution in [3.8, 4) is 17.3 Å². The Balaban J connectivity index is 1.56. The van der Waals surface area contributed by atoms with Crippen LogP contribution in [0.4, 0.5) is 25.1 Å². The molecule has 0 bridgehead atoms. The second-order valence-corrected chi connectivity index (χ2v) is 8.36. The van der Waals surface area contributed by atoms with Gasteiger partial charge in [0.25, 0.3) is 0 Å². The molecule has 3 aromatic heterocycles. The molecule has 10 nitrogen and oxygen atoms in total. The molecule has 5 rings (SSSR count). The van der Waals surface area contributed by atoms with E-state index in [1.54, 1.807) is 43.6 Å². The highest BCUT2D eigenvalue weighted by Crippen LogP contribution is 2.30. The van der Waals surface area contributed by atoms with E-state index in [1.807, 2.05) is 12.1 Å². The molecule has 0 aliphatic carbocycles. The van der Waals surface area contributed by atoms with E-state index in [9.17, 15) is 13.6 Å². The normalized spacial score (nSPS) is 10.9. The Kier molecular flexibility index (Phi) is 7.26. The molecule has 0 fully saturated rings. The fourth-order valence-electron chi connectivity index (χ4n) is 4.00. The van der Waals surface area contributed by atoms with Crippen molar-refractivity contribution < 1.29 is 23.0 Å². The van der Waals surface area contributed by atoms with Gasteiger partial charge in [0.15, 0.2) is 5.82 Å². The maximum Gasteiger partial charge on any atom is 0.404 e. The van der Waals surface area contributed by atoms with Crippen LogP contribution in [0, 0.1) is 11.6 Å². The van der Waals surface area contributed by atoms with Crippen LogP contribution in [-0.4, -0.2) is 37.4 Å². The van der Waals surface area contributed by atoms with Crippen LogP contribution in [0.5, 0.6) is 5.75 Å². The first-order chi connectivity index (χ1) is 18.9. The first kappa shape index (κ1) is 25.5. The van der Waals surface area contributed by atoms with Crippen LogP contribution in [0.25, 0.3) is 22.4 Å². The number of ether oxygens (including phenoxy) is 2. The number of hydrogen-bond acceptors (Lipinski definition) is 8. The van der Waals surface area contributed by atoms with E-state index in [2.05, 4.69) is 25.4 Å². The number of hydrogen-bond donors (Lipinski definition) is 2. The van der Waals surface area contributed by atoms with Crippen LogP contribution < -0.4 is 15.8 Å². The number of benzene rings is 2. The first-order valence-electron chi connectivity index (χ1n) is 11.9. The standard InChI is InChI=1S/C27H23F2N7O3/c1-2-38-18-11-21(28)20(22(29)12-18)14-36-23-6-4-3-5-19(23)24(35-36)26-32-13-16(15-39-27(30)37)25(34-26)33-17-7-9-31-10-8-17/h3-13H,2,14-15H2,1H3,(H2,30,37)(H,31,32,33,34). The van der Waals surface area contributed by atoms with Crippen molar-refractivity contribution in [3.05, 3.63) is 89.9 Å². The fraction of sp³-hybridized carbons (Fsp3) is 0.148. The molecule has 3 N–H and O–H groups in total. The van der Waals surface area contributed by atoms with Gasteiger partial charge in [-0.25, -0.2) is 23.5 Å². The summed E-state index contributed by atoms with van der Waals surface area (Å²) in [6.07, 6.45) is 3.78. The summed E-state index contributed by atoms with van der Waals surface area (Å²) in [5, 5.41) is 8.48. The zero-order chi connectivity index (χ0) is 27.4. The van der Waals surface area contributed by atoms with Crippen molar-refractivity contribution >= 4 is 28.5 Å². The van der Waals surface area contributed by atoms with Crippen molar-refractivity contribution in [1.82, 2.24) is 24.7 Å². The lowest BCUT2D eigenvalue weighted by Crippen LogP contribution is -2.14. The number of primary amides is 1. The van der Waals surface area contributed by atoms with Gasteiger partial charge in [-0.3, -0.25) is 9.67 Å². The van der Waals surface area contributed by atoms with Crippen LogP contribution in [0.2, 0.25) is 0 Å². The van der Waals surface area contributed by atoms with Crippen molar-refractivity contribution in [1.29, 1.82) is 0 Å². The van der Waals surface area contributed by atoms with Crippen LogP contribution >= 0.6 is 0 Å². The molecule has 0 atom stereocenters. The molecule has 12 heteroatoms. The maximum absolute atomic E-state index is 14.8. The van der Waals surface area contributed by atoms with Crippen LogP contribution in [-0.2, 0) is 17.9 Å². The second-order valence-electron chi connectivity index (χ2n) is 8.36. The van der Waals surface area contributed by atoms with Crippen LogP contribution in [0.15, 0.2) is 67.1 Å². The molecule has 2 aromatic carbocycles. The molecule has 0 radical (unpaired) electrons. The predicted molar refractivity (Wildman–Crippen MR) is 139 cm³/mol. The van der Waals surface area contributed by atoms with Gasteiger partial charge in [-0.2, -0.15) is 5.10 Å². The largest absolute Gasteiger partial charge is 0.494 e. The number of amides is 1. The fourth-order valence-corrected chi connectivity index (χ4v) is 4.00. The molecular weight excluding hydrogens is 508 g/mol. The Morgan fingerprint density at radius 3 is 2.56 bits per heavy atom. The first-order valence-corrected chi connectivity index (χ1v) is 11.9. The number of fused-ring (bicyclic) bond motifs is 1. The SMILES string of the molecule is CCOc1cc(F)c(Cn2nc(-c3ncc(COC(N)=O)c(Nc4ccncc4)n3)c3ccccc32)c(F)c1. The molecule has 0 saturated carbocycles. The lowest BCUT2D eigenvalue weighted by Gasteiger charge is -2.12. The highest BCUT2D eigenvalue weighted by atomic mass is 19.1. The van der Waals surface area contributed by atoms with Gasteiger partial charge in [0.2, 0.25) is 0 Å². The molecule has 0 unspecified atom stereocenters. The number of nitrogens with one attached hydrogen (secondary N) is 1. The lowest BCUT2D eigenvalue weighted by atomic mass is 10.1. The third-order valence-electron chi connectivity index (χ3n) is 5.78. The summed E-state index contributed by atoms with van der Waals surface area (Å²) in [6.45, 7) is 1.70. The summed E-state index contributed by atoms with van der Waals surface area (Å²) < 4.78 is 41.4. The van der Waals surface area contributed by atoms with E-state index in [0.717, 1.165) is 12.1 Å². The van der Waals surface area contributed by atoms with Gasteiger partial charge >= 0.3 is 6.09 Å². The highest BCUT2D eigenvalue weighted by molar-refractivity contribution is 5.92. The Morgan fingerprint density at radius 1 is 1.10 bits per heavy atom. The van der Waals surface area contributed by atoms with Crippen molar-refractivity contribution in [2.75, 3.05) is 11.9 Å². The van der Waals surface area contributed by atoms with E-state index >= 15 is 0 Å². The highest BCUT2D eigenvalue weighted by Gasteiger charge is 2.20. The molecule has 0 aliphatic heterocycles. The van der Waals surface area contributed by atoms with Gasteiger partial charge in [0.1, 0.15) is 35.5 Å². The number of rotatable bonds is 9. The Morgan fingerprint density at radius 2 is 1.85 bits per heavy atom. The molecule has 39 heavy (non-hydrogen) atoms. The minimum Gasteiger partial charge on any atom is -0.494 e. The molecule has 198 valence electrons. The van der Waals surface area contributed by atoms with Crippen LogP contribution in [0.1, 0.15) is 18.1 Å². The minimum atomic E-state index is -0.938. The number of halogens is 2. The smallest absolute Gasteiger partial charge is 0.404 e. The van der Waals surface area contributed by atoms with Crippen molar-refractivity contribution in [2.45, 2.75) is 20.1 Å². The molecule has 5 aromatic rings. The summed E-state index contributed by atoms with van der Waals surface area (Å²) >= 11 is 0. The van der Waals surface area contributed by atoms with Gasteiger partial charge in [0.05, 0.1) is 24.2 Å². The van der Waals surface area contributed by atoms with E-state index < -0.39 is 17.7 Å². The van der Waals surface area contributed by atoms with Gasteiger partial charge < -0.3 is 20.5 Å². The molecule has 3 heterocycles. The van der Waals surface area contributed by atoms with E-state index in [0.29, 0.717) is 33.7 Å². The van der Waals surface area contributed by atoms with Gasteiger partial charge in [-0.15, -0.1) is 0 Å². The summed E-state index contributed by atoms with van der Waals surface area (Å²) in [5.74, 6) is -0.756. The predicted octanol–water partition coefficient (Wildman–Crippen LogP) is 4.95. The number of carbonyl (C=O) groups is 1. The number of anilines is 2. The Hall–Kier alpha value is -5.13. The molecule has 0 saturated heterocycles. The molecule has 0 aliphatic rings. The van der Waals surface area contributed by atoms with E-state index in [-0.39, 0.29) is 36.9 Å². The Bertz CT molecular complexity index is 1620. The van der Waals surface area contributed by atoms with Gasteiger partial charge in [0, 0.05) is 47.4 Å². The summed E-state index contributed by atoms with van der Waals surface area (Å²) in [5.41, 5.74) is 7.17. The van der Waals surface area contributed by atoms with E-state index in [1.165, 1.54) is 10.9 Å². The van der Waals surface area contributed by atoms with Crippen LogP contribution in [0.3, 0.4) is 0 Å². The van der Waals surface area contributed by atoms with Gasteiger partial charge in [-0.05, 0) is 25.1 Å². The number of nitrogens with zero attached hydrogens (tertiary/aromatic N) is 5. The molecule has 0 spiro atoms. The monoisotopic (exact) mass is 531 g/mol. The lowest BCUT2D eigenvalue weighted by molar-refractivity contribution is 0.150. The third-order valence-corrected chi connectivity index (χ3v) is 5.78. The summed E-state index contributed by atoms with van der Waals surface area (Å²) in [7, 11) is 0. The van der Waals surface area contributed by atoms with Gasteiger partial charge in [-0.1, -0.05) is 18.2 Å².